The second kappa shape index (κ2) is 5.27. The van der Waals surface area contributed by atoms with Gasteiger partial charge in [-0.05, 0) is 12.1 Å². The summed E-state index contributed by atoms with van der Waals surface area (Å²) in [6.45, 7) is 1.66. The van der Waals surface area contributed by atoms with E-state index in [2.05, 4.69) is 10.2 Å². The van der Waals surface area contributed by atoms with Crippen molar-refractivity contribution in [3.05, 3.63) is 41.1 Å². The van der Waals surface area contributed by atoms with Gasteiger partial charge in [0.1, 0.15) is 6.33 Å². The van der Waals surface area contributed by atoms with E-state index in [0.29, 0.717) is 36.0 Å². The molecule has 3 aromatic rings. The summed E-state index contributed by atoms with van der Waals surface area (Å²) in [4.78, 5) is 14.4. The Morgan fingerprint density at radius 2 is 2.22 bits per heavy atom. The first kappa shape index (κ1) is 14.1. The molecule has 4 rings (SSSR count). The van der Waals surface area contributed by atoms with Gasteiger partial charge in [0, 0.05) is 29.6 Å². The van der Waals surface area contributed by atoms with Gasteiger partial charge in [0.15, 0.2) is 22.9 Å². The largest absolute Gasteiger partial charge is 0.493 e. The normalized spacial score (nSPS) is 14.1. The summed E-state index contributed by atoms with van der Waals surface area (Å²) in [6.07, 6.45) is 1.67. The highest BCUT2D eigenvalue weighted by Crippen LogP contribution is 2.32. The fourth-order valence-electron chi connectivity index (χ4n) is 2.74. The van der Waals surface area contributed by atoms with Gasteiger partial charge in [0.2, 0.25) is 0 Å². The second-order valence-corrected chi connectivity index (χ2v) is 5.74. The molecule has 0 radical (unpaired) electrons. The number of hydrogen-bond donors (Lipinski definition) is 0. The van der Waals surface area contributed by atoms with Gasteiger partial charge in [-0.3, -0.25) is 4.79 Å². The van der Waals surface area contributed by atoms with Crippen LogP contribution in [0.15, 0.2) is 28.9 Å². The molecule has 23 heavy (non-hydrogen) atoms. The number of carbonyl (C=O) groups is 1. The zero-order chi connectivity index (χ0) is 16.0. The molecule has 7 nitrogen and oxygen atoms in total. The Kier molecular flexibility index (Phi) is 3.23. The molecule has 0 unspecified atom stereocenters. The summed E-state index contributed by atoms with van der Waals surface area (Å²) >= 11 is 6.05. The van der Waals surface area contributed by atoms with E-state index in [1.807, 2.05) is 4.57 Å². The number of aromatic nitrogens is 3. The molecule has 0 saturated carbocycles. The van der Waals surface area contributed by atoms with Crippen molar-refractivity contribution in [3.63, 3.8) is 0 Å². The average Bonchev–Trinajstić information content (AvgIpc) is 3.18. The molecule has 0 aliphatic carbocycles. The van der Waals surface area contributed by atoms with Crippen molar-refractivity contribution in [1.29, 1.82) is 0 Å². The SMILES string of the molecule is COc1cc(Cl)cc2cc(C(=O)N3CCn4cnnc4C3)oc12. The van der Waals surface area contributed by atoms with E-state index in [4.69, 9.17) is 20.8 Å². The van der Waals surface area contributed by atoms with Gasteiger partial charge < -0.3 is 18.6 Å². The number of halogens is 1. The van der Waals surface area contributed by atoms with Crippen molar-refractivity contribution < 1.29 is 13.9 Å². The van der Waals surface area contributed by atoms with Gasteiger partial charge >= 0.3 is 0 Å². The number of fused-ring (bicyclic) bond motifs is 2. The Morgan fingerprint density at radius 3 is 3.04 bits per heavy atom. The number of methoxy groups -OCH3 is 1. The van der Waals surface area contributed by atoms with Crippen molar-refractivity contribution in [3.8, 4) is 5.75 Å². The number of furan rings is 1. The van der Waals surface area contributed by atoms with E-state index in [-0.39, 0.29) is 11.7 Å². The van der Waals surface area contributed by atoms with E-state index in [1.165, 1.54) is 7.11 Å². The Morgan fingerprint density at radius 1 is 1.35 bits per heavy atom. The van der Waals surface area contributed by atoms with Crippen LogP contribution in [-0.4, -0.2) is 39.2 Å². The summed E-state index contributed by atoms with van der Waals surface area (Å²) in [7, 11) is 1.53. The van der Waals surface area contributed by atoms with Crippen LogP contribution in [0.3, 0.4) is 0 Å². The molecule has 0 bridgehead atoms. The molecule has 1 aliphatic rings. The van der Waals surface area contributed by atoms with Crippen LogP contribution < -0.4 is 4.74 Å². The van der Waals surface area contributed by atoms with Crippen LogP contribution in [0.5, 0.6) is 5.75 Å². The maximum atomic E-state index is 12.7. The molecule has 0 N–H and O–H groups in total. The van der Waals surface area contributed by atoms with Crippen LogP contribution >= 0.6 is 11.6 Å². The van der Waals surface area contributed by atoms with Gasteiger partial charge in [0.25, 0.3) is 5.91 Å². The maximum absolute atomic E-state index is 12.7. The Bertz CT molecular complexity index is 901. The van der Waals surface area contributed by atoms with Gasteiger partial charge in [0.05, 0.1) is 13.7 Å². The number of hydrogen-bond acceptors (Lipinski definition) is 5. The number of rotatable bonds is 2. The van der Waals surface area contributed by atoms with E-state index in [0.717, 1.165) is 11.2 Å². The molecule has 3 heterocycles. The van der Waals surface area contributed by atoms with Crippen molar-refractivity contribution in [2.24, 2.45) is 0 Å². The zero-order valence-electron chi connectivity index (χ0n) is 12.3. The first-order valence-electron chi connectivity index (χ1n) is 7.09. The number of nitrogens with zero attached hydrogens (tertiary/aromatic N) is 4. The minimum atomic E-state index is -0.186. The standard InChI is InChI=1S/C15H13ClN4O3/c1-22-11-6-10(16)4-9-5-12(23-14(9)11)15(21)19-2-3-20-8-17-18-13(20)7-19/h4-6,8H,2-3,7H2,1H3. The Hall–Kier alpha value is -2.54. The number of ether oxygens (including phenoxy) is 1. The summed E-state index contributed by atoms with van der Waals surface area (Å²) < 4.78 is 12.9. The summed E-state index contributed by atoms with van der Waals surface area (Å²) in [6, 6.07) is 5.09. The lowest BCUT2D eigenvalue weighted by Crippen LogP contribution is -2.38. The minimum absolute atomic E-state index is 0.186. The van der Waals surface area contributed by atoms with Gasteiger partial charge in [-0.2, -0.15) is 0 Å². The van der Waals surface area contributed by atoms with Crippen LogP contribution in [0.1, 0.15) is 16.4 Å². The highest BCUT2D eigenvalue weighted by molar-refractivity contribution is 6.31. The predicted molar refractivity (Wildman–Crippen MR) is 82.5 cm³/mol. The lowest BCUT2D eigenvalue weighted by molar-refractivity contribution is 0.0677. The fraction of sp³-hybridized carbons (Fsp3) is 0.267. The summed E-state index contributed by atoms with van der Waals surface area (Å²) in [5.41, 5.74) is 0.514. The molecular weight excluding hydrogens is 320 g/mol. The molecular formula is C15H13ClN4O3. The summed E-state index contributed by atoms with van der Waals surface area (Å²) in [5.74, 6) is 1.34. The van der Waals surface area contributed by atoms with E-state index >= 15 is 0 Å². The molecule has 8 heteroatoms. The third kappa shape index (κ3) is 2.33. The van der Waals surface area contributed by atoms with Crippen LogP contribution in [0, 0.1) is 0 Å². The number of amides is 1. The first-order chi connectivity index (χ1) is 11.2. The third-order valence-corrected chi connectivity index (χ3v) is 4.12. The smallest absolute Gasteiger partial charge is 0.290 e. The Balaban J connectivity index is 1.68. The van der Waals surface area contributed by atoms with Gasteiger partial charge in [-0.15, -0.1) is 10.2 Å². The van der Waals surface area contributed by atoms with E-state index in [9.17, 15) is 4.79 Å². The molecule has 118 valence electrons. The molecule has 1 aromatic carbocycles. The molecule has 0 atom stereocenters. The average molecular weight is 333 g/mol. The van der Waals surface area contributed by atoms with Crippen molar-refractivity contribution in [2.45, 2.75) is 13.1 Å². The molecule has 0 spiro atoms. The number of carbonyl (C=O) groups excluding carboxylic acids is 1. The van der Waals surface area contributed by atoms with E-state index < -0.39 is 0 Å². The predicted octanol–water partition coefficient (Wildman–Crippen LogP) is 2.34. The molecule has 1 amide bonds. The summed E-state index contributed by atoms with van der Waals surface area (Å²) in [5, 5.41) is 9.14. The van der Waals surface area contributed by atoms with Crippen LogP contribution in [0.25, 0.3) is 11.0 Å². The van der Waals surface area contributed by atoms with Crippen molar-refractivity contribution >= 4 is 28.5 Å². The topological polar surface area (TPSA) is 73.4 Å². The Labute approximate surface area is 136 Å². The molecule has 2 aromatic heterocycles. The van der Waals surface area contributed by atoms with Gasteiger partial charge in [-0.25, -0.2) is 0 Å². The lowest BCUT2D eigenvalue weighted by Gasteiger charge is -2.26. The highest BCUT2D eigenvalue weighted by Gasteiger charge is 2.26. The van der Waals surface area contributed by atoms with Crippen LogP contribution in [0.2, 0.25) is 5.02 Å². The first-order valence-corrected chi connectivity index (χ1v) is 7.46. The molecule has 0 fully saturated rings. The lowest BCUT2D eigenvalue weighted by atomic mass is 10.2. The monoisotopic (exact) mass is 332 g/mol. The van der Waals surface area contributed by atoms with Crippen molar-refractivity contribution in [1.82, 2.24) is 19.7 Å². The maximum Gasteiger partial charge on any atom is 0.290 e. The quantitative estimate of drug-likeness (QED) is 0.720. The van der Waals surface area contributed by atoms with Crippen molar-refractivity contribution in [2.75, 3.05) is 13.7 Å². The highest BCUT2D eigenvalue weighted by atomic mass is 35.5. The second-order valence-electron chi connectivity index (χ2n) is 5.30. The molecule has 1 aliphatic heterocycles. The van der Waals surface area contributed by atoms with Gasteiger partial charge in [-0.1, -0.05) is 11.6 Å². The zero-order valence-corrected chi connectivity index (χ0v) is 13.1. The molecule has 0 saturated heterocycles. The van der Waals surface area contributed by atoms with Crippen LogP contribution in [0.4, 0.5) is 0 Å². The number of benzene rings is 1. The fourth-order valence-corrected chi connectivity index (χ4v) is 2.96. The minimum Gasteiger partial charge on any atom is -0.493 e. The third-order valence-electron chi connectivity index (χ3n) is 3.90. The van der Waals surface area contributed by atoms with Crippen LogP contribution in [-0.2, 0) is 13.1 Å². The van der Waals surface area contributed by atoms with E-state index in [1.54, 1.807) is 29.4 Å².